The molecule has 3 nitrogen and oxygen atoms in total. The van der Waals surface area contributed by atoms with Crippen LogP contribution in [0.25, 0.3) is 22.3 Å². The van der Waals surface area contributed by atoms with Crippen LogP contribution in [0.15, 0.2) is 63.8 Å². The Morgan fingerprint density at radius 2 is 1.83 bits per heavy atom. The lowest BCUT2D eigenvalue weighted by Crippen LogP contribution is -1.99. The largest absolute Gasteiger partial charge is 0.508 e. The second-order valence-corrected chi connectivity index (χ2v) is 4.00. The summed E-state index contributed by atoms with van der Waals surface area (Å²) < 4.78 is 12.5. The number of fused-ring (bicyclic) bond motifs is 1. The Kier molecular flexibility index (Phi) is 2.12. The van der Waals surface area contributed by atoms with Gasteiger partial charge < -0.3 is 9.53 Å². The lowest BCUT2D eigenvalue weighted by Gasteiger charge is -2.03. The van der Waals surface area contributed by atoms with Crippen LogP contribution < -0.4 is 5.43 Å². The first-order valence-corrected chi connectivity index (χ1v) is 5.54. The summed E-state index contributed by atoms with van der Waals surface area (Å²) in [6.07, 6.45) is 0. The molecule has 0 atom stereocenters. The fourth-order valence-corrected chi connectivity index (χ4v) is 1.87. The average molecular weight is 239 g/mol. The Labute approximate surface area is 104 Å². The van der Waals surface area contributed by atoms with E-state index in [2.05, 4.69) is 5.11 Å². The minimum absolute atomic E-state index is 0.0716. The highest BCUT2D eigenvalue weighted by Crippen LogP contribution is 2.23. The number of phenols is 1. The molecule has 88 valence electrons. The van der Waals surface area contributed by atoms with E-state index in [1.165, 1.54) is 6.07 Å². The molecule has 18 heavy (non-hydrogen) atoms. The monoisotopic (exact) mass is 239 g/mol. The molecular formula is C15H10O3. The van der Waals surface area contributed by atoms with E-state index in [4.69, 9.17) is 5.85 Å². The number of benzene rings is 2. The Balaban J connectivity index is 2.16. The van der Waals surface area contributed by atoms with Crippen LogP contribution in [0.1, 0.15) is 0 Å². The molecule has 0 aliphatic rings. The minimum Gasteiger partial charge on any atom is -0.508 e. The maximum absolute atomic E-state index is 12.0. The molecule has 3 heteroatoms. The van der Waals surface area contributed by atoms with Gasteiger partial charge in [0.05, 0.1) is 5.39 Å². The summed E-state index contributed by atoms with van der Waals surface area (Å²) in [5, 5.41) is 4.92. The molecule has 0 aliphatic heterocycles. The molecule has 0 bridgehead atoms. The first-order valence-electron chi connectivity index (χ1n) is 5.95. The summed E-state index contributed by atoms with van der Waals surface area (Å²) in [7, 11) is 0. The maximum atomic E-state index is 12.0. The molecule has 0 fully saturated rings. The van der Waals surface area contributed by atoms with Crippen LogP contribution in [0.4, 0.5) is 0 Å². The van der Waals surface area contributed by atoms with Crippen LogP contribution in [0.2, 0.25) is 0 Å². The molecule has 0 saturated carbocycles. The van der Waals surface area contributed by atoms with E-state index in [0.717, 1.165) is 5.56 Å². The van der Waals surface area contributed by atoms with Gasteiger partial charge in [-0.3, -0.25) is 4.79 Å². The van der Waals surface area contributed by atoms with Gasteiger partial charge >= 0.3 is 0 Å². The number of para-hydroxylation sites is 1. The molecule has 2 aromatic carbocycles. The van der Waals surface area contributed by atoms with Crippen molar-refractivity contribution in [2.75, 3.05) is 0 Å². The SMILES string of the molecule is [2H]Oc1ccc(-c2cc(=O)c3ccccc3o2)cc1. The highest BCUT2D eigenvalue weighted by atomic mass is 16.3. The normalized spacial score (nSPS) is 11.2. The summed E-state index contributed by atoms with van der Waals surface area (Å²) in [6, 6.07) is 15.4. The Bertz CT molecular complexity index is 775. The third kappa shape index (κ3) is 1.76. The average Bonchev–Trinajstić information content (AvgIpc) is 2.47. The predicted octanol–water partition coefficient (Wildman–Crippen LogP) is 3.17. The Hall–Kier alpha value is -2.55. The van der Waals surface area contributed by atoms with E-state index in [-0.39, 0.29) is 5.43 Å². The van der Waals surface area contributed by atoms with Crippen LogP contribution in [0, 0.1) is 0 Å². The first kappa shape index (κ1) is 9.48. The molecular weight excluding hydrogens is 228 g/mol. The van der Waals surface area contributed by atoms with Crippen LogP contribution in [-0.4, -0.2) is 6.54 Å². The lowest BCUT2D eigenvalue weighted by atomic mass is 10.1. The highest BCUT2D eigenvalue weighted by Gasteiger charge is 2.06. The molecule has 3 aromatic rings. The van der Waals surface area contributed by atoms with Gasteiger partial charge in [0.2, 0.25) is 0 Å². The molecule has 0 unspecified atom stereocenters. The number of hydrogen-bond donors (Lipinski definition) is 1. The Morgan fingerprint density at radius 1 is 1.06 bits per heavy atom. The zero-order chi connectivity index (χ0) is 13.2. The zero-order valence-corrected chi connectivity index (χ0v) is 9.42. The van der Waals surface area contributed by atoms with E-state index < -0.39 is 0 Å². The number of hydrogen-bond acceptors (Lipinski definition) is 3. The molecule has 0 amide bonds. The molecule has 3 rings (SSSR count). The van der Waals surface area contributed by atoms with Gasteiger partial charge in [-0.15, -0.1) is 0 Å². The first-order chi connectivity index (χ1) is 9.28. The molecule has 0 aliphatic carbocycles. The van der Waals surface area contributed by atoms with Gasteiger partial charge in [0, 0.05) is 11.6 Å². The number of rotatable bonds is 2. The Morgan fingerprint density at radius 3 is 2.61 bits per heavy atom. The minimum atomic E-state index is -0.0716. The third-order valence-electron chi connectivity index (χ3n) is 2.77. The van der Waals surface area contributed by atoms with Gasteiger partial charge in [-0.25, -0.2) is 0 Å². The smallest absolute Gasteiger partial charge is 0.293 e. The lowest BCUT2D eigenvalue weighted by molar-refractivity contribution is 0.475. The van der Waals surface area contributed by atoms with Crippen LogP contribution in [0.5, 0.6) is 5.75 Å². The highest BCUT2D eigenvalue weighted by molar-refractivity contribution is 5.78. The van der Waals surface area contributed by atoms with Gasteiger partial charge in [0.25, 0.3) is 1.43 Å². The predicted molar refractivity (Wildman–Crippen MR) is 69.6 cm³/mol. The van der Waals surface area contributed by atoms with Crippen molar-refractivity contribution in [1.82, 2.24) is 0 Å². The molecule has 0 spiro atoms. The van der Waals surface area contributed by atoms with Crippen molar-refractivity contribution < 1.29 is 9.53 Å². The fourth-order valence-electron chi connectivity index (χ4n) is 1.87. The van der Waals surface area contributed by atoms with E-state index in [0.29, 0.717) is 22.5 Å². The van der Waals surface area contributed by atoms with Gasteiger partial charge in [0.15, 0.2) is 5.43 Å². The van der Waals surface area contributed by atoms with Gasteiger partial charge in [0.1, 0.15) is 17.1 Å². The molecule has 1 heterocycles. The van der Waals surface area contributed by atoms with Crippen LogP contribution >= 0.6 is 0 Å². The maximum Gasteiger partial charge on any atom is 0.293 e. The summed E-state index contributed by atoms with van der Waals surface area (Å²) in [5.74, 6) is 0.937. The van der Waals surface area contributed by atoms with Gasteiger partial charge in [-0.05, 0) is 36.4 Å². The van der Waals surface area contributed by atoms with Gasteiger partial charge in [-0.1, -0.05) is 12.1 Å². The van der Waals surface area contributed by atoms with E-state index in [1.54, 1.807) is 42.5 Å². The standard InChI is InChI=1S/C15H10O3/c16-11-7-5-10(6-8-11)15-9-13(17)12-3-1-2-4-14(12)18-15/h1-9,16H/i/hD. The van der Waals surface area contributed by atoms with Crippen LogP contribution in [0.3, 0.4) is 0 Å². The molecule has 1 N–H and O–H groups in total. The van der Waals surface area contributed by atoms with Crippen molar-refractivity contribution in [2.24, 2.45) is 0 Å². The van der Waals surface area contributed by atoms with Crippen LogP contribution in [-0.2, 0) is 0 Å². The number of aromatic hydroxyl groups is 1. The topological polar surface area (TPSA) is 50.4 Å². The summed E-state index contributed by atoms with van der Waals surface area (Å²) >= 11 is 0. The summed E-state index contributed by atoms with van der Waals surface area (Å²) in [4.78, 5) is 12.0. The molecule has 1 aromatic heterocycles. The second kappa shape index (κ2) is 4.04. The van der Waals surface area contributed by atoms with Crippen molar-refractivity contribution in [3.05, 3.63) is 64.8 Å². The molecule has 0 saturated heterocycles. The summed E-state index contributed by atoms with van der Waals surface area (Å²) in [5.41, 5.74) is 1.26. The van der Waals surface area contributed by atoms with E-state index >= 15 is 0 Å². The fraction of sp³-hybridized carbons (Fsp3) is 0. The third-order valence-corrected chi connectivity index (χ3v) is 2.77. The quantitative estimate of drug-likeness (QED) is 0.747. The van der Waals surface area contributed by atoms with Crippen molar-refractivity contribution in [1.29, 1.82) is 1.43 Å². The van der Waals surface area contributed by atoms with Crippen molar-refractivity contribution in [3.63, 3.8) is 0 Å². The van der Waals surface area contributed by atoms with Gasteiger partial charge in [-0.2, -0.15) is 0 Å². The summed E-state index contributed by atoms with van der Waals surface area (Å²) in [6.45, 7) is 0. The van der Waals surface area contributed by atoms with Crippen molar-refractivity contribution in [2.45, 2.75) is 0 Å². The van der Waals surface area contributed by atoms with Crippen molar-refractivity contribution in [3.8, 4) is 17.1 Å². The zero-order valence-electron chi connectivity index (χ0n) is 10.4. The van der Waals surface area contributed by atoms with E-state index in [1.807, 2.05) is 6.07 Å². The molecule has 0 radical (unpaired) electrons. The number of phenolic OH excluding ortho intramolecular Hbond substituents is 1. The second-order valence-electron chi connectivity index (χ2n) is 4.00. The van der Waals surface area contributed by atoms with E-state index in [9.17, 15) is 4.79 Å². The van der Waals surface area contributed by atoms with Crippen molar-refractivity contribution >= 4 is 11.0 Å².